The molecule has 1 rings (SSSR count). The second kappa shape index (κ2) is 11.5. The summed E-state index contributed by atoms with van der Waals surface area (Å²) in [5.41, 5.74) is 5.18. The van der Waals surface area contributed by atoms with Gasteiger partial charge in [0.2, 0.25) is 0 Å². The molecule has 0 spiro atoms. The number of allylic oxidation sites excluding steroid dienone is 6. The number of hydrogen-bond acceptors (Lipinski definition) is 3. The van der Waals surface area contributed by atoms with Crippen molar-refractivity contribution in [2.24, 2.45) is 0 Å². The van der Waals surface area contributed by atoms with Crippen molar-refractivity contribution in [3.8, 4) is 5.75 Å². The fraction of sp³-hybridized carbons (Fsp3) is 0.435. The molecule has 2 N–H and O–H groups in total. The predicted octanol–water partition coefficient (Wildman–Crippen LogP) is 5.53. The normalized spacial score (nSPS) is 12.2. The minimum Gasteiger partial charge on any atom is -0.508 e. The van der Waals surface area contributed by atoms with Crippen molar-refractivity contribution in [1.82, 2.24) is 0 Å². The highest BCUT2D eigenvalue weighted by Crippen LogP contribution is 2.21. The number of rotatable bonds is 10. The first kappa shape index (κ1) is 21.9. The second-order valence-corrected chi connectivity index (χ2v) is 7.09. The van der Waals surface area contributed by atoms with Crippen molar-refractivity contribution in [3.05, 3.63) is 64.3 Å². The van der Waals surface area contributed by atoms with Gasteiger partial charge in [0.25, 0.3) is 0 Å². The monoisotopic (exact) mass is 356 g/mol. The van der Waals surface area contributed by atoms with Crippen LogP contribution in [-0.4, -0.2) is 22.6 Å². The van der Waals surface area contributed by atoms with Gasteiger partial charge in [0.1, 0.15) is 12.4 Å². The Hall–Kier alpha value is -2.13. The molecule has 0 aliphatic carbocycles. The molecule has 0 aliphatic rings. The van der Waals surface area contributed by atoms with Gasteiger partial charge in [0, 0.05) is 5.56 Å². The Labute approximate surface area is 157 Å². The average Bonchev–Trinajstić information content (AvgIpc) is 2.60. The third kappa shape index (κ3) is 8.30. The number of aliphatic hydroxyl groups is 1. The van der Waals surface area contributed by atoms with Crippen LogP contribution >= 0.6 is 0 Å². The number of phenols is 1. The molecule has 142 valence electrons. The molecule has 0 amide bonds. The van der Waals surface area contributed by atoms with Gasteiger partial charge < -0.3 is 10.2 Å². The maximum atomic E-state index is 11.6. The molecule has 0 aromatic heterocycles. The van der Waals surface area contributed by atoms with E-state index in [4.69, 9.17) is 5.11 Å². The van der Waals surface area contributed by atoms with Crippen LogP contribution in [0.15, 0.2) is 53.1 Å². The van der Waals surface area contributed by atoms with Crippen LogP contribution in [0, 0.1) is 0 Å². The van der Waals surface area contributed by atoms with Crippen molar-refractivity contribution < 1.29 is 15.0 Å². The Bertz CT molecular complexity index is 689. The van der Waals surface area contributed by atoms with Gasteiger partial charge >= 0.3 is 0 Å². The van der Waals surface area contributed by atoms with E-state index in [1.807, 2.05) is 0 Å². The zero-order chi connectivity index (χ0) is 19.5. The Kier molecular flexibility index (Phi) is 9.67. The molecule has 0 fully saturated rings. The van der Waals surface area contributed by atoms with Crippen LogP contribution in [0.5, 0.6) is 5.75 Å². The van der Waals surface area contributed by atoms with Crippen LogP contribution in [0.4, 0.5) is 0 Å². The number of hydrogen-bond donors (Lipinski definition) is 2. The molecule has 3 heteroatoms. The summed E-state index contributed by atoms with van der Waals surface area (Å²) < 4.78 is 0. The number of aliphatic hydroxyl groups excluding tert-OH is 1. The van der Waals surface area contributed by atoms with Gasteiger partial charge in [-0.05, 0) is 83.6 Å². The topological polar surface area (TPSA) is 57.5 Å². The first-order valence-corrected chi connectivity index (χ1v) is 9.24. The van der Waals surface area contributed by atoms with Crippen molar-refractivity contribution in [2.75, 3.05) is 6.61 Å². The number of carbonyl (C=O) groups excluding carboxylic acids is 1. The highest BCUT2D eigenvalue weighted by Gasteiger charge is 2.07. The van der Waals surface area contributed by atoms with Gasteiger partial charge in [-0.1, -0.05) is 34.9 Å². The van der Waals surface area contributed by atoms with Crippen LogP contribution in [0.25, 0.3) is 0 Å². The third-order valence-electron chi connectivity index (χ3n) is 4.34. The van der Waals surface area contributed by atoms with E-state index in [0.717, 1.165) is 25.7 Å². The smallest absolute Gasteiger partial charge is 0.188 e. The first-order valence-electron chi connectivity index (χ1n) is 9.24. The Morgan fingerprint density at radius 1 is 0.962 bits per heavy atom. The molecule has 0 saturated carbocycles. The minimum atomic E-state index is -0.515. The van der Waals surface area contributed by atoms with Crippen molar-refractivity contribution >= 4 is 5.78 Å². The Balaban J connectivity index is 2.56. The van der Waals surface area contributed by atoms with E-state index in [1.165, 1.54) is 28.9 Å². The highest BCUT2D eigenvalue weighted by atomic mass is 16.3. The third-order valence-corrected chi connectivity index (χ3v) is 4.34. The molecule has 0 atom stereocenters. The summed E-state index contributed by atoms with van der Waals surface area (Å²) in [4.78, 5) is 11.6. The highest BCUT2D eigenvalue weighted by molar-refractivity contribution is 5.97. The summed E-state index contributed by atoms with van der Waals surface area (Å²) in [5.74, 6) is -0.153. The van der Waals surface area contributed by atoms with Crippen LogP contribution in [0.3, 0.4) is 0 Å². The van der Waals surface area contributed by atoms with Gasteiger partial charge in [0.05, 0.1) is 0 Å². The quantitative estimate of drug-likeness (QED) is 0.428. The maximum absolute atomic E-state index is 11.6. The van der Waals surface area contributed by atoms with Gasteiger partial charge in [-0.25, -0.2) is 0 Å². The summed E-state index contributed by atoms with van der Waals surface area (Å²) in [6.07, 6.45) is 11.4. The van der Waals surface area contributed by atoms with E-state index < -0.39 is 6.61 Å². The SMILES string of the molecule is CC(C)=CCCC(C)=CCCC(C)=CCc1cc(C(=O)CO)ccc1O. The largest absolute Gasteiger partial charge is 0.508 e. The molecule has 1 aromatic rings. The number of phenolic OH excluding ortho intramolecular Hbond substituents is 1. The van der Waals surface area contributed by atoms with Crippen LogP contribution in [0.1, 0.15) is 69.3 Å². The molecule has 1 aromatic carbocycles. The lowest BCUT2D eigenvalue weighted by Gasteiger charge is -2.06. The zero-order valence-corrected chi connectivity index (χ0v) is 16.5. The summed E-state index contributed by atoms with van der Waals surface area (Å²) >= 11 is 0. The first-order chi connectivity index (χ1) is 12.3. The lowest BCUT2D eigenvalue weighted by atomic mass is 10.0. The lowest BCUT2D eigenvalue weighted by molar-refractivity contribution is 0.0903. The fourth-order valence-electron chi connectivity index (χ4n) is 2.64. The molecule has 26 heavy (non-hydrogen) atoms. The number of aromatic hydroxyl groups is 1. The Morgan fingerprint density at radius 2 is 1.58 bits per heavy atom. The zero-order valence-electron chi connectivity index (χ0n) is 16.5. The predicted molar refractivity (Wildman–Crippen MR) is 109 cm³/mol. The van der Waals surface area contributed by atoms with Crippen LogP contribution in [0.2, 0.25) is 0 Å². The van der Waals surface area contributed by atoms with E-state index in [-0.39, 0.29) is 11.5 Å². The number of benzene rings is 1. The van der Waals surface area contributed by atoms with Crippen molar-refractivity contribution in [2.45, 2.75) is 59.8 Å². The minimum absolute atomic E-state index is 0.179. The average molecular weight is 357 g/mol. The van der Waals surface area contributed by atoms with E-state index in [0.29, 0.717) is 17.5 Å². The van der Waals surface area contributed by atoms with Gasteiger partial charge in [-0.3, -0.25) is 4.79 Å². The molecular formula is C23H32O3. The van der Waals surface area contributed by atoms with E-state index in [9.17, 15) is 9.90 Å². The summed E-state index contributed by atoms with van der Waals surface area (Å²) in [6, 6.07) is 4.71. The summed E-state index contributed by atoms with van der Waals surface area (Å²) in [6.45, 7) is 8.00. The number of ketones is 1. The molecular weight excluding hydrogens is 324 g/mol. The molecule has 0 saturated heterocycles. The number of Topliss-reactive ketones (excluding diaryl/α,β-unsaturated/α-hetero) is 1. The van der Waals surface area contributed by atoms with Gasteiger partial charge in [0.15, 0.2) is 5.78 Å². The lowest BCUT2D eigenvalue weighted by Crippen LogP contribution is -2.04. The van der Waals surface area contributed by atoms with Gasteiger partial charge in [-0.2, -0.15) is 0 Å². The van der Waals surface area contributed by atoms with Gasteiger partial charge in [-0.15, -0.1) is 0 Å². The summed E-state index contributed by atoms with van der Waals surface area (Å²) in [5, 5.41) is 18.9. The summed E-state index contributed by atoms with van der Waals surface area (Å²) in [7, 11) is 0. The standard InChI is InChI=1S/C23H32O3/c1-17(2)7-5-8-18(3)9-6-10-19(4)11-12-20-15-21(23(26)16-24)13-14-22(20)25/h7,9,11,13-15,24-25H,5-6,8,10,12,16H2,1-4H3. The molecule has 0 heterocycles. The van der Waals surface area contributed by atoms with E-state index >= 15 is 0 Å². The molecule has 3 nitrogen and oxygen atoms in total. The molecule has 0 unspecified atom stereocenters. The van der Waals surface area contributed by atoms with E-state index in [2.05, 4.69) is 45.9 Å². The van der Waals surface area contributed by atoms with Crippen molar-refractivity contribution in [1.29, 1.82) is 0 Å². The Morgan fingerprint density at radius 3 is 2.19 bits per heavy atom. The molecule has 0 bridgehead atoms. The van der Waals surface area contributed by atoms with Crippen LogP contribution < -0.4 is 0 Å². The fourth-order valence-corrected chi connectivity index (χ4v) is 2.64. The van der Waals surface area contributed by atoms with E-state index in [1.54, 1.807) is 6.07 Å². The van der Waals surface area contributed by atoms with Crippen LogP contribution in [-0.2, 0) is 6.42 Å². The number of carbonyl (C=O) groups is 1. The molecule has 0 aliphatic heterocycles. The van der Waals surface area contributed by atoms with Crippen molar-refractivity contribution in [3.63, 3.8) is 0 Å². The maximum Gasteiger partial charge on any atom is 0.188 e. The second-order valence-electron chi connectivity index (χ2n) is 7.09. The molecule has 0 radical (unpaired) electrons.